The second-order valence-electron chi connectivity index (χ2n) is 3.12. The van der Waals surface area contributed by atoms with E-state index in [1.165, 1.54) is 0 Å². The highest BCUT2D eigenvalue weighted by Gasteiger charge is 2.36. The first-order chi connectivity index (χ1) is 5.40. The molecule has 7 heteroatoms. The number of ether oxygens (including phenoxy) is 1. The summed E-state index contributed by atoms with van der Waals surface area (Å²) in [6.45, 7) is -3.09. The smallest absolute Gasteiger partial charge is 0.252 e. The van der Waals surface area contributed by atoms with Gasteiger partial charge in [0.1, 0.15) is 7.85 Å². The highest BCUT2D eigenvalue weighted by Crippen LogP contribution is 2.49. The Bertz CT molecular complexity index is 198. The van der Waals surface area contributed by atoms with E-state index >= 15 is 0 Å². The van der Waals surface area contributed by atoms with Crippen LogP contribution in [0.1, 0.15) is 0 Å². The Labute approximate surface area is 77.3 Å². The van der Waals surface area contributed by atoms with Crippen molar-refractivity contribution in [1.82, 2.24) is 0 Å². The van der Waals surface area contributed by atoms with E-state index in [1.54, 1.807) is 7.85 Å². The van der Waals surface area contributed by atoms with Crippen molar-refractivity contribution in [1.29, 1.82) is 0 Å². The van der Waals surface area contributed by atoms with Gasteiger partial charge in [0, 0.05) is 18.1 Å². The van der Waals surface area contributed by atoms with Gasteiger partial charge < -0.3 is 14.7 Å². The molecule has 1 aliphatic rings. The lowest BCUT2D eigenvalue weighted by Gasteiger charge is -2.17. The van der Waals surface area contributed by atoms with Crippen LogP contribution in [0.25, 0.3) is 0 Å². The number of hydrogen-bond donors (Lipinski definition) is 3. The van der Waals surface area contributed by atoms with E-state index in [-0.39, 0.29) is 24.7 Å². The summed E-state index contributed by atoms with van der Waals surface area (Å²) in [6.07, 6.45) is -0.619. The molecule has 0 spiro atoms. The Hall–Kier alpha value is 0.525. The van der Waals surface area contributed by atoms with Gasteiger partial charge in [0.05, 0.1) is 12.7 Å². The van der Waals surface area contributed by atoms with Gasteiger partial charge in [0.2, 0.25) is 0 Å². The number of aliphatic hydroxyl groups excluding tert-OH is 1. The number of aliphatic hydroxyl groups is 1. The van der Waals surface area contributed by atoms with E-state index in [1.807, 2.05) is 0 Å². The van der Waals surface area contributed by atoms with E-state index in [9.17, 15) is 9.67 Å². The summed E-state index contributed by atoms with van der Waals surface area (Å²) in [5.74, 6) is -0.265. The highest BCUT2D eigenvalue weighted by atomic mass is 32.7. The third-order valence-corrected chi connectivity index (χ3v) is 3.46. The molecule has 0 saturated carbocycles. The Kier molecular flexibility index (Phi) is 3.29. The van der Waals surface area contributed by atoms with Crippen molar-refractivity contribution >= 4 is 26.7 Å². The minimum absolute atomic E-state index is 0.0123. The summed E-state index contributed by atoms with van der Waals surface area (Å²) in [5, 5.41) is 9.33. The minimum atomic E-state index is -3.34. The molecule has 1 saturated heterocycles. The summed E-state index contributed by atoms with van der Waals surface area (Å²) in [6, 6.07) is -0.160. The molecule has 0 aromatic heterocycles. The summed E-state index contributed by atoms with van der Waals surface area (Å²) in [7, 11) is 1.78. The summed E-state index contributed by atoms with van der Waals surface area (Å²) in [4.78, 5) is 8.97. The topological polar surface area (TPSA) is 66.8 Å². The van der Waals surface area contributed by atoms with Gasteiger partial charge in [-0.3, -0.25) is 4.57 Å². The molecule has 0 bridgehead atoms. The lowest BCUT2D eigenvalue weighted by Crippen LogP contribution is -2.27. The third kappa shape index (κ3) is 2.78. The van der Waals surface area contributed by atoms with Crippen LogP contribution in [0.5, 0.6) is 0 Å². The van der Waals surface area contributed by atoms with E-state index in [2.05, 4.69) is 12.2 Å². The zero-order valence-electron chi connectivity index (χ0n) is 6.75. The van der Waals surface area contributed by atoms with Crippen LogP contribution in [0, 0.1) is 5.92 Å². The highest BCUT2D eigenvalue weighted by molar-refractivity contribution is 8.46. The van der Waals surface area contributed by atoms with Crippen LogP contribution in [-0.4, -0.2) is 42.7 Å². The zero-order chi connectivity index (χ0) is 9.35. The molecular formula is C5H12BO4PS. The Morgan fingerprint density at radius 1 is 1.75 bits per heavy atom. The average molecular weight is 210 g/mol. The van der Waals surface area contributed by atoms with E-state index in [0.29, 0.717) is 0 Å². The Morgan fingerprint density at radius 2 is 2.33 bits per heavy atom. The first kappa shape index (κ1) is 10.6. The Balaban J connectivity index is 2.56. The first-order valence-corrected chi connectivity index (χ1v) is 6.74. The van der Waals surface area contributed by atoms with E-state index in [4.69, 9.17) is 9.63 Å². The van der Waals surface area contributed by atoms with Crippen LogP contribution in [0.15, 0.2) is 0 Å². The molecule has 1 aliphatic heterocycles. The first-order valence-electron chi connectivity index (χ1n) is 3.74. The molecule has 1 rings (SSSR count). The molecule has 0 aromatic rings. The molecule has 2 unspecified atom stereocenters. The molecule has 12 heavy (non-hydrogen) atoms. The molecular weight excluding hydrogens is 198 g/mol. The summed E-state index contributed by atoms with van der Waals surface area (Å²) >= 11 is 3.56. The molecule has 0 radical (unpaired) electrons. The lowest BCUT2D eigenvalue weighted by molar-refractivity contribution is 0.115. The Morgan fingerprint density at radius 3 is 2.67 bits per heavy atom. The molecule has 1 fully saturated rings. The van der Waals surface area contributed by atoms with Crippen molar-refractivity contribution in [3.63, 3.8) is 0 Å². The number of thiol groups is 1. The van der Waals surface area contributed by atoms with Crippen molar-refractivity contribution in [3.05, 3.63) is 0 Å². The molecule has 4 atom stereocenters. The summed E-state index contributed by atoms with van der Waals surface area (Å²) in [5.41, 5.74) is 0. The van der Waals surface area contributed by atoms with Crippen LogP contribution in [0.4, 0.5) is 0 Å². The van der Waals surface area contributed by atoms with Gasteiger partial charge in [-0.05, 0) is 0 Å². The van der Waals surface area contributed by atoms with Gasteiger partial charge in [0.25, 0.3) is 6.57 Å². The fourth-order valence-electron chi connectivity index (χ4n) is 1.36. The van der Waals surface area contributed by atoms with Gasteiger partial charge >= 0.3 is 0 Å². The maximum absolute atomic E-state index is 10.9. The summed E-state index contributed by atoms with van der Waals surface area (Å²) < 4.78 is 16.0. The van der Waals surface area contributed by atoms with Crippen molar-refractivity contribution in [2.75, 3.05) is 12.8 Å². The van der Waals surface area contributed by atoms with Crippen LogP contribution in [0.2, 0.25) is 0 Å². The van der Waals surface area contributed by atoms with Crippen molar-refractivity contribution < 1.29 is 19.3 Å². The molecule has 4 nitrogen and oxygen atoms in total. The molecule has 0 amide bonds. The quantitative estimate of drug-likeness (QED) is 0.313. The average Bonchev–Trinajstić information content (AvgIpc) is 2.16. The molecule has 0 aromatic carbocycles. The largest absolute Gasteiger partial charge is 0.390 e. The van der Waals surface area contributed by atoms with E-state index in [0.717, 1.165) is 0 Å². The SMILES string of the molecule is B[C@@H]1OCC(O)[C@@H]1CP(=O)(O)S. The van der Waals surface area contributed by atoms with Gasteiger partial charge in [-0.2, -0.15) is 0 Å². The lowest BCUT2D eigenvalue weighted by atomic mass is 9.87. The maximum atomic E-state index is 10.9. The van der Waals surface area contributed by atoms with Crippen molar-refractivity contribution in [2.24, 2.45) is 5.92 Å². The third-order valence-electron chi connectivity index (χ3n) is 2.08. The van der Waals surface area contributed by atoms with Gasteiger partial charge in [-0.25, -0.2) is 0 Å². The number of rotatable bonds is 2. The predicted molar refractivity (Wildman–Crippen MR) is 51.5 cm³/mol. The number of hydrogen-bond acceptors (Lipinski definition) is 3. The normalized spacial score (nSPS) is 41.1. The molecule has 0 aliphatic carbocycles. The van der Waals surface area contributed by atoms with E-state index < -0.39 is 12.7 Å². The molecule has 2 N–H and O–H groups in total. The van der Waals surface area contributed by atoms with Crippen molar-refractivity contribution in [3.8, 4) is 0 Å². The van der Waals surface area contributed by atoms with Gasteiger partial charge in [-0.1, -0.05) is 12.2 Å². The van der Waals surface area contributed by atoms with Crippen molar-refractivity contribution in [2.45, 2.75) is 12.1 Å². The fraction of sp³-hybridized carbons (Fsp3) is 1.00. The van der Waals surface area contributed by atoms with Crippen LogP contribution in [0.3, 0.4) is 0 Å². The van der Waals surface area contributed by atoms with Gasteiger partial charge in [-0.15, -0.1) is 0 Å². The van der Waals surface area contributed by atoms with Gasteiger partial charge in [0.15, 0.2) is 0 Å². The molecule has 70 valence electrons. The fourth-order valence-corrected chi connectivity index (χ4v) is 3.01. The monoisotopic (exact) mass is 210 g/mol. The van der Waals surface area contributed by atoms with Crippen LogP contribution in [-0.2, 0) is 9.30 Å². The predicted octanol–water partition coefficient (Wildman–Crippen LogP) is -0.932. The minimum Gasteiger partial charge on any atom is -0.390 e. The van der Waals surface area contributed by atoms with Crippen LogP contribution >= 0.6 is 18.8 Å². The zero-order valence-corrected chi connectivity index (χ0v) is 8.54. The standard InChI is InChI=1S/C5H12BO4PS/c6-5-3(2-11(8,9)12)4(7)1-10-5/h3-5,7H,1-2,6H2,(H2,8,9,12)/t3-,4?,5+/m0/s1. The van der Waals surface area contributed by atoms with Crippen LogP contribution < -0.4 is 0 Å². The molecule has 1 heterocycles. The maximum Gasteiger partial charge on any atom is 0.252 e. The second kappa shape index (κ2) is 3.72. The second-order valence-corrected chi connectivity index (χ2v) is 6.69.